The van der Waals surface area contributed by atoms with E-state index in [0.29, 0.717) is 5.56 Å². The molecule has 0 saturated heterocycles. The molecule has 3 N–H and O–H groups in total. The van der Waals surface area contributed by atoms with Crippen LogP contribution in [0.1, 0.15) is 16.1 Å². The zero-order valence-corrected chi connectivity index (χ0v) is 9.28. The monoisotopic (exact) mass is 245 g/mol. The van der Waals surface area contributed by atoms with Gasteiger partial charge in [0, 0.05) is 19.8 Å². The Morgan fingerprint density at radius 1 is 1.50 bits per heavy atom. The van der Waals surface area contributed by atoms with Gasteiger partial charge in [-0.3, -0.25) is 0 Å². The predicted molar refractivity (Wildman–Crippen MR) is 56.0 cm³/mol. The molecule has 1 rings (SSSR count). The minimum absolute atomic E-state index is 0.0517. The second-order valence-electron chi connectivity index (χ2n) is 2.89. The fraction of sp³-hybridized carbons (Fsp3) is 0.250. The summed E-state index contributed by atoms with van der Waals surface area (Å²) < 4.78 is 26.4. The van der Waals surface area contributed by atoms with Crippen LogP contribution in [0, 0.1) is 0 Å². The van der Waals surface area contributed by atoms with Crippen LogP contribution in [0.25, 0.3) is 0 Å². The Labute approximate surface area is 92.7 Å². The highest BCUT2D eigenvalue weighted by atomic mass is 32.2. The average Bonchev–Trinajstić information content (AvgIpc) is 2.27. The first-order valence-corrected chi connectivity index (χ1v) is 5.79. The first-order valence-electron chi connectivity index (χ1n) is 4.31. The summed E-state index contributed by atoms with van der Waals surface area (Å²) in [6.45, 7) is 0.0517. The van der Waals surface area contributed by atoms with E-state index in [2.05, 4.69) is 14.4 Å². The number of carboxylic acid groups (broad SMARTS) is 1. The number of carboxylic acids is 1. The van der Waals surface area contributed by atoms with E-state index in [0.717, 1.165) is 0 Å². The highest BCUT2D eigenvalue weighted by Crippen LogP contribution is 2.00. The third-order valence-electron chi connectivity index (χ3n) is 1.78. The van der Waals surface area contributed by atoms with Crippen molar-refractivity contribution in [3.8, 4) is 0 Å². The number of nitrogens with zero attached hydrogens (tertiary/aromatic N) is 1. The Kier molecular flexibility index (Phi) is 3.93. The smallest absolute Gasteiger partial charge is 0.354 e. The summed E-state index contributed by atoms with van der Waals surface area (Å²) in [6, 6.07) is 2.81. The van der Waals surface area contributed by atoms with Crippen molar-refractivity contribution in [2.75, 3.05) is 7.05 Å². The maximum Gasteiger partial charge on any atom is 0.354 e. The van der Waals surface area contributed by atoms with Gasteiger partial charge in [-0.1, -0.05) is 6.07 Å². The Hall–Kier alpha value is -1.51. The molecule has 0 spiro atoms. The second kappa shape index (κ2) is 5.01. The van der Waals surface area contributed by atoms with Crippen LogP contribution in [0.3, 0.4) is 0 Å². The van der Waals surface area contributed by atoms with E-state index in [9.17, 15) is 13.2 Å². The van der Waals surface area contributed by atoms with E-state index in [4.69, 9.17) is 5.11 Å². The van der Waals surface area contributed by atoms with Gasteiger partial charge in [-0.05, 0) is 11.6 Å². The normalized spacial score (nSPS) is 11.3. The predicted octanol–water partition coefficient (Wildman–Crippen LogP) is -0.666. The van der Waals surface area contributed by atoms with Gasteiger partial charge in [0.15, 0.2) is 0 Å². The van der Waals surface area contributed by atoms with Crippen LogP contribution < -0.4 is 9.44 Å². The number of pyridine rings is 1. The van der Waals surface area contributed by atoms with Crippen LogP contribution in [-0.2, 0) is 16.8 Å². The molecule has 0 bridgehead atoms. The lowest BCUT2D eigenvalue weighted by Crippen LogP contribution is -2.33. The number of nitrogens with one attached hydrogen (secondary N) is 2. The van der Waals surface area contributed by atoms with Gasteiger partial charge in [-0.2, -0.15) is 13.1 Å². The van der Waals surface area contributed by atoms with Gasteiger partial charge < -0.3 is 5.11 Å². The summed E-state index contributed by atoms with van der Waals surface area (Å²) in [5.74, 6) is -1.12. The number of rotatable bonds is 5. The minimum Gasteiger partial charge on any atom is -0.477 e. The SMILES string of the molecule is CNS(=O)(=O)NCc1ccc(C(=O)O)nc1. The number of carbonyl (C=O) groups is 1. The Bertz CT molecular complexity index is 469. The standard InChI is InChI=1S/C8H11N3O4S/c1-9-16(14,15)11-5-6-2-3-7(8(12)13)10-4-6/h2-4,9,11H,5H2,1H3,(H,12,13). The first kappa shape index (κ1) is 12.6. The maximum atomic E-state index is 11.0. The fourth-order valence-electron chi connectivity index (χ4n) is 0.906. The van der Waals surface area contributed by atoms with Crippen molar-refractivity contribution in [1.82, 2.24) is 14.4 Å². The lowest BCUT2D eigenvalue weighted by atomic mass is 10.2. The van der Waals surface area contributed by atoms with Crippen LogP contribution in [0.5, 0.6) is 0 Å². The Morgan fingerprint density at radius 2 is 2.19 bits per heavy atom. The summed E-state index contributed by atoms with van der Waals surface area (Å²) >= 11 is 0. The molecule has 0 aromatic carbocycles. The van der Waals surface area contributed by atoms with E-state index >= 15 is 0 Å². The topological polar surface area (TPSA) is 108 Å². The molecule has 0 unspecified atom stereocenters. The molecule has 0 aliphatic rings. The van der Waals surface area contributed by atoms with Gasteiger partial charge in [-0.25, -0.2) is 14.5 Å². The Morgan fingerprint density at radius 3 is 2.62 bits per heavy atom. The summed E-state index contributed by atoms with van der Waals surface area (Å²) in [5, 5.41) is 8.59. The zero-order chi connectivity index (χ0) is 12.2. The summed E-state index contributed by atoms with van der Waals surface area (Å²) in [7, 11) is -2.20. The van der Waals surface area contributed by atoms with Crippen molar-refractivity contribution in [1.29, 1.82) is 0 Å². The lowest BCUT2D eigenvalue weighted by Gasteiger charge is -2.04. The van der Waals surface area contributed by atoms with Gasteiger partial charge in [0.05, 0.1) is 0 Å². The zero-order valence-electron chi connectivity index (χ0n) is 8.47. The second-order valence-corrected chi connectivity index (χ2v) is 4.59. The number of hydrogen-bond acceptors (Lipinski definition) is 4. The van der Waals surface area contributed by atoms with Crippen molar-refractivity contribution in [2.45, 2.75) is 6.54 Å². The summed E-state index contributed by atoms with van der Waals surface area (Å²) in [5.41, 5.74) is 0.490. The van der Waals surface area contributed by atoms with Crippen LogP contribution in [0.15, 0.2) is 18.3 Å². The molecule has 8 heteroatoms. The molecule has 0 aliphatic carbocycles. The maximum absolute atomic E-state index is 11.0. The van der Waals surface area contributed by atoms with Crippen LogP contribution in [0.2, 0.25) is 0 Å². The molecular formula is C8H11N3O4S. The van der Waals surface area contributed by atoms with Crippen molar-refractivity contribution in [3.05, 3.63) is 29.6 Å². The van der Waals surface area contributed by atoms with E-state index < -0.39 is 16.2 Å². The molecular weight excluding hydrogens is 234 g/mol. The van der Waals surface area contributed by atoms with Crippen LogP contribution in [-0.4, -0.2) is 31.5 Å². The molecule has 88 valence electrons. The minimum atomic E-state index is -3.49. The number of aromatic nitrogens is 1. The largest absolute Gasteiger partial charge is 0.477 e. The molecule has 0 radical (unpaired) electrons. The van der Waals surface area contributed by atoms with E-state index in [-0.39, 0.29) is 12.2 Å². The Balaban J connectivity index is 2.66. The van der Waals surface area contributed by atoms with Gasteiger partial charge in [0.25, 0.3) is 10.2 Å². The van der Waals surface area contributed by atoms with Crippen molar-refractivity contribution >= 4 is 16.2 Å². The third kappa shape index (κ3) is 3.57. The third-order valence-corrected chi connectivity index (χ3v) is 2.84. The molecule has 1 aromatic heterocycles. The fourth-order valence-corrected chi connectivity index (χ4v) is 1.41. The van der Waals surface area contributed by atoms with E-state index in [1.54, 1.807) is 0 Å². The molecule has 0 aliphatic heterocycles. The van der Waals surface area contributed by atoms with Crippen molar-refractivity contribution < 1.29 is 18.3 Å². The molecule has 0 fully saturated rings. The molecule has 0 amide bonds. The van der Waals surface area contributed by atoms with Gasteiger partial charge in [0.1, 0.15) is 5.69 Å². The molecule has 16 heavy (non-hydrogen) atoms. The number of aromatic carboxylic acids is 1. The first-order chi connectivity index (χ1) is 7.44. The molecule has 0 atom stereocenters. The van der Waals surface area contributed by atoms with E-state index in [1.807, 2.05) is 0 Å². The summed E-state index contributed by atoms with van der Waals surface area (Å²) in [4.78, 5) is 14.1. The quantitative estimate of drug-likeness (QED) is 0.637. The molecule has 7 nitrogen and oxygen atoms in total. The lowest BCUT2D eigenvalue weighted by molar-refractivity contribution is 0.0690. The van der Waals surface area contributed by atoms with Gasteiger partial charge in [-0.15, -0.1) is 0 Å². The van der Waals surface area contributed by atoms with Crippen molar-refractivity contribution in [3.63, 3.8) is 0 Å². The van der Waals surface area contributed by atoms with Crippen LogP contribution in [0.4, 0.5) is 0 Å². The van der Waals surface area contributed by atoms with Crippen molar-refractivity contribution in [2.24, 2.45) is 0 Å². The molecule has 1 aromatic rings. The highest BCUT2D eigenvalue weighted by molar-refractivity contribution is 7.87. The van der Waals surface area contributed by atoms with Gasteiger partial charge in [0.2, 0.25) is 0 Å². The van der Waals surface area contributed by atoms with Crippen LogP contribution >= 0.6 is 0 Å². The van der Waals surface area contributed by atoms with E-state index in [1.165, 1.54) is 25.4 Å². The number of hydrogen-bond donors (Lipinski definition) is 3. The molecule has 1 heterocycles. The molecule has 0 saturated carbocycles. The van der Waals surface area contributed by atoms with Gasteiger partial charge >= 0.3 is 5.97 Å². The highest BCUT2D eigenvalue weighted by Gasteiger charge is 2.07. The average molecular weight is 245 g/mol. The summed E-state index contributed by atoms with van der Waals surface area (Å²) in [6.07, 6.45) is 1.31.